The second-order valence-electron chi connectivity index (χ2n) is 6.08. The minimum atomic E-state index is -0.272. The fraction of sp³-hybridized carbons (Fsp3) is 0.389. The number of halogens is 1. The quantitative estimate of drug-likeness (QED) is 0.574. The van der Waals surface area contributed by atoms with E-state index in [1.54, 1.807) is 11.2 Å². The molecule has 3 rings (SSSR count). The van der Waals surface area contributed by atoms with E-state index in [-0.39, 0.29) is 24.5 Å². The van der Waals surface area contributed by atoms with Crippen LogP contribution in [0.15, 0.2) is 35.1 Å². The van der Waals surface area contributed by atoms with Crippen molar-refractivity contribution in [1.82, 2.24) is 20.2 Å². The zero-order chi connectivity index (χ0) is 18.5. The van der Waals surface area contributed by atoms with Gasteiger partial charge < -0.3 is 19.9 Å². The number of aromatic nitrogens is 2. The first-order chi connectivity index (χ1) is 12.6. The molecule has 2 heterocycles. The molecule has 0 saturated heterocycles. The monoisotopic (exact) mass is 420 g/mol. The van der Waals surface area contributed by atoms with E-state index in [1.807, 2.05) is 24.3 Å². The minimum Gasteiger partial charge on any atom is -0.469 e. The van der Waals surface area contributed by atoms with E-state index in [2.05, 4.69) is 36.0 Å². The van der Waals surface area contributed by atoms with Gasteiger partial charge in [0.1, 0.15) is 6.04 Å². The number of fused-ring (bicyclic) bond motifs is 1. The van der Waals surface area contributed by atoms with Crippen LogP contribution in [0.5, 0.6) is 0 Å². The van der Waals surface area contributed by atoms with Crippen molar-refractivity contribution in [2.24, 2.45) is 0 Å². The maximum absolute atomic E-state index is 12.7. The summed E-state index contributed by atoms with van der Waals surface area (Å²) in [6, 6.07) is 7.52. The van der Waals surface area contributed by atoms with Crippen LogP contribution in [-0.2, 0) is 16.0 Å². The molecule has 2 aromatic rings. The number of benzene rings is 1. The number of urea groups is 1. The average molecular weight is 421 g/mol. The molecule has 8 heteroatoms. The van der Waals surface area contributed by atoms with E-state index >= 15 is 0 Å². The van der Waals surface area contributed by atoms with Crippen LogP contribution in [0, 0.1) is 0 Å². The molecule has 2 N–H and O–H groups in total. The molecule has 1 aromatic carbocycles. The number of nitrogens with one attached hydrogen (secondary N) is 2. The predicted octanol–water partition coefficient (Wildman–Crippen LogP) is 2.78. The number of methoxy groups -OCH3 is 1. The summed E-state index contributed by atoms with van der Waals surface area (Å²) in [6.45, 7) is 1.02. The van der Waals surface area contributed by atoms with Crippen molar-refractivity contribution < 1.29 is 14.3 Å². The van der Waals surface area contributed by atoms with Gasteiger partial charge in [0.15, 0.2) is 0 Å². The van der Waals surface area contributed by atoms with E-state index in [1.165, 1.54) is 7.11 Å². The van der Waals surface area contributed by atoms with E-state index in [9.17, 15) is 9.59 Å². The highest BCUT2D eigenvalue weighted by Crippen LogP contribution is 2.33. The van der Waals surface area contributed by atoms with Crippen LogP contribution in [0.3, 0.4) is 0 Å². The van der Waals surface area contributed by atoms with Gasteiger partial charge in [0.05, 0.1) is 19.1 Å². The van der Waals surface area contributed by atoms with Crippen LogP contribution in [0.4, 0.5) is 4.79 Å². The lowest BCUT2D eigenvalue weighted by Crippen LogP contribution is -2.46. The molecule has 0 saturated carbocycles. The molecule has 26 heavy (non-hydrogen) atoms. The molecular weight excluding hydrogens is 400 g/mol. The third kappa shape index (κ3) is 4.07. The molecule has 0 radical (unpaired) electrons. The van der Waals surface area contributed by atoms with Gasteiger partial charge in [0.2, 0.25) is 0 Å². The fourth-order valence-corrected chi connectivity index (χ4v) is 3.37. The Hall–Kier alpha value is -2.35. The maximum Gasteiger partial charge on any atom is 0.318 e. The van der Waals surface area contributed by atoms with Crippen molar-refractivity contribution in [2.45, 2.75) is 25.3 Å². The third-order valence-corrected chi connectivity index (χ3v) is 4.96. The van der Waals surface area contributed by atoms with Gasteiger partial charge in [-0.3, -0.25) is 4.79 Å². The molecule has 0 spiro atoms. The summed E-state index contributed by atoms with van der Waals surface area (Å²) in [6.07, 6.45) is 3.24. The first-order valence-corrected chi connectivity index (χ1v) is 9.28. The van der Waals surface area contributed by atoms with Crippen LogP contribution in [0.2, 0.25) is 0 Å². The summed E-state index contributed by atoms with van der Waals surface area (Å²) in [4.78, 5) is 33.3. The Balaban J connectivity index is 1.73. The average Bonchev–Trinajstić information content (AvgIpc) is 3.13. The molecule has 0 unspecified atom stereocenters. The van der Waals surface area contributed by atoms with Crippen molar-refractivity contribution >= 4 is 27.9 Å². The normalized spacial score (nSPS) is 16.1. The smallest absolute Gasteiger partial charge is 0.318 e. The lowest BCUT2D eigenvalue weighted by molar-refractivity contribution is -0.140. The molecule has 1 aromatic heterocycles. The summed E-state index contributed by atoms with van der Waals surface area (Å²) in [5, 5.41) is 2.90. The molecule has 138 valence electrons. The molecule has 1 aliphatic rings. The van der Waals surface area contributed by atoms with Crippen LogP contribution in [-0.4, -0.2) is 47.1 Å². The number of amides is 2. The van der Waals surface area contributed by atoms with Crippen molar-refractivity contribution in [3.05, 3.63) is 52.0 Å². The molecule has 1 aliphatic heterocycles. The highest BCUT2D eigenvalue weighted by atomic mass is 79.9. The van der Waals surface area contributed by atoms with Crippen molar-refractivity contribution in [3.8, 4) is 0 Å². The number of nitrogens with zero attached hydrogens (tertiary/aromatic N) is 2. The molecule has 2 amide bonds. The Morgan fingerprint density at radius 3 is 2.88 bits per heavy atom. The Bertz CT molecular complexity index is 775. The highest BCUT2D eigenvalue weighted by molar-refractivity contribution is 9.10. The van der Waals surface area contributed by atoms with Crippen molar-refractivity contribution in [2.75, 3.05) is 20.2 Å². The van der Waals surface area contributed by atoms with E-state index < -0.39 is 0 Å². The number of rotatable bonds is 5. The Labute approximate surface area is 160 Å². The maximum atomic E-state index is 12.7. The van der Waals surface area contributed by atoms with Crippen LogP contribution < -0.4 is 5.32 Å². The number of imidazole rings is 1. The Morgan fingerprint density at radius 2 is 2.15 bits per heavy atom. The summed E-state index contributed by atoms with van der Waals surface area (Å²) < 4.78 is 5.60. The van der Waals surface area contributed by atoms with Gasteiger partial charge in [-0.1, -0.05) is 28.1 Å². The number of H-pyrrole nitrogens is 1. The van der Waals surface area contributed by atoms with Gasteiger partial charge in [0.25, 0.3) is 0 Å². The van der Waals surface area contributed by atoms with E-state index in [4.69, 9.17) is 0 Å². The van der Waals surface area contributed by atoms with Gasteiger partial charge in [0, 0.05) is 36.1 Å². The topological polar surface area (TPSA) is 87.3 Å². The Morgan fingerprint density at radius 1 is 1.38 bits per heavy atom. The number of hydrogen-bond acceptors (Lipinski definition) is 4. The molecule has 0 bridgehead atoms. The fourth-order valence-electron chi connectivity index (χ4n) is 3.11. The van der Waals surface area contributed by atoms with Gasteiger partial charge >= 0.3 is 12.0 Å². The summed E-state index contributed by atoms with van der Waals surface area (Å²) in [7, 11) is 1.36. The van der Waals surface area contributed by atoms with Gasteiger partial charge in [-0.05, 0) is 24.1 Å². The highest BCUT2D eigenvalue weighted by Gasteiger charge is 2.33. The lowest BCUT2D eigenvalue weighted by Gasteiger charge is -2.35. The molecule has 0 aliphatic carbocycles. The summed E-state index contributed by atoms with van der Waals surface area (Å²) >= 11 is 3.44. The second-order valence-corrected chi connectivity index (χ2v) is 6.99. The number of carbonyl (C=O) groups is 2. The van der Waals surface area contributed by atoms with Crippen LogP contribution >= 0.6 is 15.9 Å². The van der Waals surface area contributed by atoms with Crippen LogP contribution in [0.25, 0.3) is 0 Å². The summed E-state index contributed by atoms with van der Waals surface area (Å²) in [5.74, 6) is -0.272. The third-order valence-electron chi connectivity index (χ3n) is 4.43. The second kappa shape index (κ2) is 8.35. The molecule has 1 atom stereocenters. The number of aromatic amines is 1. The first-order valence-electron chi connectivity index (χ1n) is 8.49. The van der Waals surface area contributed by atoms with Crippen LogP contribution in [0.1, 0.15) is 35.8 Å². The number of carbonyl (C=O) groups excluding carboxylic acids is 2. The zero-order valence-electron chi connectivity index (χ0n) is 14.5. The minimum absolute atomic E-state index is 0.156. The standard InChI is InChI=1S/C18H21BrN4O3/c1-26-15(24)3-2-9-20-18(25)23-10-8-14-16(22-11-21-14)17(23)12-4-6-13(19)7-5-12/h4-7,11,17H,2-3,8-10H2,1H3,(H,20,25)(H,21,22)/t17-/m0/s1. The summed E-state index contributed by atoms with van der Waals surface area (Å²) in [5.41, 5.74) is 2.95. The SMILES string of the molecule is COC(=O)CCCNC(=O)N1CCc2[nH]cnc2[C@@H]1c1ccc(Br)cc1. The zero-order valence-corrected chi connectivity index (χ0v) is 16.1. The molecule has 7 nitrogen and oxygen atoms in total. The number of esters is 1. The number of ether oxygens (including phenoxy) is 1. The molecule has 0 fully saturated rings. The van der Waals surface area contributed by atoms with Gasteiger partial charge in [-0.25, -0.2) is 9.78 Å². The van der Waals surface area contributed by atoms with Gasteiger partial charge in [-0.2, -0.15) is 0 Å². The van der Waals surface area contributed by atoms with Gasteiger partial charge in [-0.15, -0.1) is 0 Å². The molecular formula is C18H21BrN4O3. The lowest BCUT2D eigenvalue weighted by atomic mass is 9.96. The van der Waals surface area contributed by atoms with Crippen molar-refractivity contribution in [3.63, 3.8) is 0 Å². The largest absolute Gasteiger partial charge is 0.469 e. The first kappa shape index (κ1) is 18.4. The van der Waals surface area contributed by atoms with Crippen molar-refractivity contribution in [1.29, 1.82) is 0 Å². The predicted molar refractivity (Wildman–Crippen MR) is 99.6 cm³/mol. The number of hydrogen-bond donors (Lipinski definition) is 2. The van der Waals surface area contributed by atoms with E-state index in [0.717, 1.165) is 27.8 Å². The Kier molecular flexibility index (Phi) is 5.92. The van der Waals surface area contributed by atoms with E-state index in [0.29, 0.717) is 19.5 Å².